The van der Waals surface area contributed by atoms with Crippen LogP contribution in [0.1, 0.15) is 30.5 Å². The van der Waals surface area contributed by atoms with Gasteiger partial charge in [-0.1, -0.05) is 18.2 Å². The molecule has 4 rings (SSSR count). The third-order valence-corrected chi connectivity index (χ3v) is 5.24. The van der Waals surface area contributed by atoms with Gasteiger partial charge in [-0.25, -0.2) is 0 Å². The molecule has 2 heterocycles. The molecule has 2 aromatic carbocycles. The maximum Gasteiger partial charge on any atom is 0.278 e. The summed E-state index contributed by atoms with van der Waals surface area (Å²) < 4.78 is 11.2. The van der Waals surface area contributed by atoms with Crippen molar-refractivity contribution in [2.75, 3.05) is 18.5 Å². The maximum atomic E-state index is 13.1. The van der Waals surface area contributed by atoms with Crippen molar-refractivity contribution in [3.05, 3.63) is 58.8 Å². The molecule has 6 heteroatoms. The number of carbonyl (C=O) groups is 2. The normalized spacial score (nSPS) is 16.1. The Morgan fingerprint density at radius 3 is 2.31 bits per heavy atom. The lowest BCUT2D eigenvalue weighted by atomic mass is 9.99. The van der Waals surface area contributed by atoms with E-state index in [4.69, 9.17) is 9.47 Å². The Morgan fingerprint density at radius 1 is 0.897 bits per heavy atom. The molecule has 2 aliphatic rings. The molecule has 2 amide bonds. The summed E-state index contributed by atoms with van der Waals surface area (Å²) in [5.41, 5.74) is 4.27. The number of benzene rings is 2. The minimum absolute atomic E-state index is 0.240. The average Bonchev–Trinajstić information content (AvgIpc) is 2.94. The number of aryl methyl sites for hydroxylation is 2. The summed E-state index contributed by atoms with van der Waals surface area (Å²) in [6, 6.07) is 11.0. The molecule has 0 bridgehead atoms. The van der Waals surface area contributed by atoms with Gasteiger partial charge in [0.2, 0.25) is 0 Å². The number of nitrogens with zero attached hydrogens (tertiary/aromatic N) is 1. The number of amides is 2. The summed E-state index contributed by atoms with van der Waals surface area (Å²) in [6.07, 6.45) is 0. The lowest BCUT2D eigenvalue weighted by Gasteiger charge is -2.20. The number of anilines is 1. The predicted molar refractivity (Wildman–Crippen MR) is 111 cm³/mol. The van der Waals surface area contributed by atoms with Crippen LogP contribution in [-0.4, -0.2) is 36.0 Å². The standard InChI is InChI=1S/C23H24N2O4/c1-13(2)25-22(26)20(16-6-5-14(3)15(4)11-16)21(23(25)27)24-17-7-8-18-19(12-17)29-10-9-28-18/h5-8,11-13,24H,9-10H2,1-4H3. The van der Waals surface area contributed by atoms with E-state index in [0.717, 1.165) is 16.7 Å². The van der Waals surface area contributed by atoms with E-state index in [1.54, 1.807) is 12.1 Å². The number of hydrogen-bond acceptors (Lipinski definition) is 5. The van der Waals surface area contributed by atoms with E-state index in [9.17, 15) is 9.59 Å². The van der Waals surface area contributed by atoms with Crippen LogP contribution in [0.25, 0.3) is 5.57 Å². The second-order valence-corrected chi connectivity index (χ2v) is 7.61. The van der Waals surface area contributed by atoms with Gasteiger partial charge in [-0.05, 0) is 56.5 Å². The number of hydrogen-bond donors (Lipinski definition) is 1. The van der Waals surface area contributed by atoms with Crippen molar-refractivity contribution in [1.82, 2.24) is 4.90 Å². The van der Waals surface area contributed by atoms with Crippen LogP contribution in [0.15, 0.2) is 42.1 Å². The number of nitrogens with one attached hydrogen (secondary N) is 1. The van der Waals surface area contributed by atoms with Gasteiger partial charge in [0.25, 0.3) is 11.8 Å². The van der Waals surface area contributed by atoms with Crippen LogP contribution in [0.5, 0.6) is 11.5 Å². The SMILES string of the molecule is Cc1ccc(C2=C(Nc3ccc4c(c3)OCCO4)C(=O)N(C(C)C)C2=O)cc1C. The molecule has 0 fully saturated rings. The van der Waals surface area contributed by atoms with Gasteiger partial charge in [-0.15, -0.1) is 0 Å². The average molecular weight is 392 g/mol. The molecule has 150 valence electrons. The first-order valence-corrected chi connectivity index (χ1v) is 9.73. The van der Waals surface area contributed by atoms with Crippen molar-refractivity contribution >= 4 is 23.1 Å². The van der Waals surface area contributed by atoms with Crippen LogP contribution in [-0.2, 0) is 9.59 Å². The van der Waals surface area contributed by atoms with E-state index in [1.165, 1.54) is 4.90 Å². The first-order chi connectivity index (χ1) is 13.9. The molecule has 0 atom stereocenters. The summed E-state index contributed by atoms with van der Waals surface area (Å²) in [5.74, 6) is 0.677. The first-order valence-electron chi connectivity index (χ1n) is 9.73. The fourth-order valence-electron chi connectivity index (χ4n) is 3.56. The van der Waals surface area contributed by atoms with E-state index >= 15 is 0 Å². The van der Waals surface area contributed by atoms with Gasteiger partial charge in [-0.3, -0.25) is 14.5 Å². The van der Waals surface area contributed by atoms with Crippen molar-refractivity contribution in [2.45, 2.75) is 33.7 Å². The van der Waals surface area contributed by atoms with Crippen molar-refractivity contribution in [3.63, 3.8) is 0 Å². The summed E-state index contributed by atoms with van der Waals surface area (Å²) in [4.78, 5) is 27.6. The second kappa shape index (κ2) is 7.28. The lowest BCUT2D eigenvalue weighted by molar-refractivity contribution is -0.138. The highest BCUT2D eigenvalue weighted by atomic mass is 16.6. The van der Waals surface area contributed by atoms with Crippen LogP contribution in [0.2, 0.25) is 0 Å². The molecule has 0 saturated heterocycles. The van der Waals surface area contributed by atoms with Crippen LogP contribution in [0.3, 0.4) is 0 Å². The lowest BCUT2D eigenvalue weighted by Crippen LogP contribution is -2.38. The first kappa shape index (κ1) is 19.1. The number of carbonyl (C=O) groups excluding carboxylic acids is 2. The quantitative estimate of drug-likeness (QED) is 0.804. The second-order valence-electron chi connectivity index (χ2n) is 7.61. The topological polar surface area (TPSA) is 67.9 Å². The number of imide groups is 1. The zero-order valence-corrected chi connectivity index (χ0v) is 17.0. The fraction of sp³-hybridized carbons (Fsp3) is 0.304. The van der Waals surface area contributed by atoms with Gasteiger partial charge in [0, 0.05) is 17.8 Å². The van der Waals surface area contributed by atoms with E-state index in [2.05, 4.69) is 5.32 Å². The largest absolute Gasteiger partial charge is 0.486 e. The highest BCUT2D eigenvalue weighted by Gasteiger charge is 2.40. The smallest absolute Gasteiger partial charge is 0.278 e. The predicted octanol–water partition coefficient (Wildman–Crippen LogP) is 3.68. The summed E-state index contributed by atoms with van der Waals surface area (Å²) in [5, 5.41) is 3.17. The highest BCUT2D eigenvalue weighted by molar-refractivity contribution is 6.36. The van der Waals surface area contributed by atoms with Crippen LogP contribution < -0.4 is 14.8 Å². The molecule has 1 N–H and O–H groups in total. The van der Waals surface area contributed by atoms with Crippen molar-refractivity contribution < 1.29 is 19.1 Å². The Morgan fingerprint density at radius 2 is 1.62 bits per heavy atom. The molecule has 2 aliphatic heterocycles. The van der Waals surface area contributed by atoms with Crippen molar-refractivity contribution in [2.24, 2.45) is 0 Å². The zero-order chi connectivity index (χ0) is 20.7. The monoisotopic (exact) mass is 392 g/mol. The van der Waals surface area contributed by atoms with Gasteiger partial charge in [0.1, 0.15) is 18.9 Å². The Labute approximate surface area is 170 Å². The maximum absolute atomic E-state index is 13.1. The molecule has 0 radical (unpaired) electrons. The van der Waals surface area contributed by atoms with Crippen molar-refractivity contribution in [3.8, 4) is 11.5 Å². The molecule has 0 unspecified atom stereocenters. The minimum atomic E-state index is -0.326. The number of fused-ring (bicyclic) bond motifs is 1. The molecule has 29 heavy (non-hydrogen) atoms. The van der Waals surface area contributed by atoms with E-state index in [0.29, 0.717) is 36.0 Å². The van der Waals surface area contributed by atoms with Gasteiger partial charge < -0.3 is 14.8 Å². The van der Waals surface area contributed by atoms with E-state index in [1.807, 2.05) is 52.0 Å². The third-order valence-electron chi connectivity index (χ3n) is 5.24. The van der Waals surface area contributed by atoms with Gasteiger partial charge in [-0.2, -0.15) is 0 Å². The van der Waals surface area contributed by atoms with E-state index < -0.39 is 0 Å². The van der Waals surface area contributed by atoms with Gasteiger partial charge in [0.15, 0.2) is 11.5 Å². The molecule has 0 spiro atoms. The third kappa shape index (κ3) is 3.35. The highest BCUT2D eigenvalue weighted by Crippen LogP contribution is 2.36. The van der Waals surface area contributed by atoms with Gasteiger partial charge in [0.05, 0.1) is 5.57 Å². The molecular weight excluding hydrogens is 368 g/mol. The Hall–Kier alpha value is -3.28. The fourth-order valence-corrected chi connectivity index (χ4v) is 3.56. The summed E-state index contributed by atoms with van der Waals surface area (Å²) >= 11 is 0. The molecular formula is C23H24N2O4. The number of rotatable bonds is 4. The van der Waals surface area contributed by atoms with Crippen LogP contribution >= 0.6 is 0 Å². The van der Waals surface area contributed by atoms with Crippen molar-refractivity contribution in [1.29, 1.82) is 0 Å². The molecule has 6 nitrogen and oxygen atoms in total. The number of ether oxygens (including phenoxy) is 2. The molecule has 0 saturated carbocycles. The Kier molecular flexibility index (Phi) is 4.78. The Balaban J connectivity index is 1.79. The molecule has 2 aromatic rings. The zero-order valence-electron chi connectivity index (χ0n) is 17.0. The Bertz CT molecular complexity index is 1040. The molecule has 0 aliphatic carbocycles. The van der Waals surface area contributed by atoms with E-state index in [-0.39, 0.29) is 23.6 Å². The molecule has 0 aromatic heterocycles. The minimum Gasteiger partial charge on any atom is -0.486 e. The van der Waals surface area contributed by atoms with Crippen LogP contribution in [0.4, 0.5) is 5.69 Å². The summed E-state index contributed by atoms with van der Waals surface area (Å²) in [7, 11) is 0. The summed E-state index contributed by atoms with van der Waals surface area (Å²) in [6.45, 7) is 8.67. The van der Waals surface area contributed by atoms with Gasteiger partial charge >= 0.3 is 0 Å². The van der Waals surface area contributed by atoms with Crippen LogP contribution in [0, 0.1) is 13.8 Å².